The molecule has 0 saturated carbocycles. The molecule has 7 nitrogen and oxygen atoms in total. The summed E-state index contributed by atoms with van der Waals surface area (Å²) in [6.07, 6.45) is 5.92. The van der Waals surface area contributed by atoms with Crippen molar-refractivity contribution in [3.8, 4) is 12.3 Å². The highest BCUT2D eigenvalue weighted by molar-refractivity contribution is 7.89. The molecule has 168 valence electrons. The van der Waals surface area contributed by atoms with Crippen molar-refractivity contribution in [2.75, 3.05) is 25.4 Å². The van der Waals surface area contributed by atoms with Gasteiger partial charge in [-0.1, -0.05) is 44.2 Å². The van der Waals surface area contributed by atoms with Crippen molar-refractivity contribution in [1.82, 2.24) is 14.9 Å². The monoisotopic (exact) mass is 437 g/mol. The van der Waals surface area contributed by atoms with Crippen LogP contribution in [0.3, 0.4) is 0 Å². The summed E-state index contributed by atoms with van der Waals surface area (Å²) in [4.78, 5) is 12.3. The molecule has 0 aromatic heterocycles. The van der Waals surface area contributed by atoms with Crippen LogP contribution in [0.4, 0.5) is 0 Å². The van der Waals surface area contributed by atoms with Crippen LogP contribution in [0.2, 0.25) is 0 Å². The number of nitrogens with zero attached hydrogens (tertiary/aromatic N) is 1. The van der Waals surface area contributed by atoms with E-state index in [2.05, 4.69) is 16.6 Å². The summed E-state index contributed by atoms with van der Waals surface area (Å²) in [6.45, 7) is 5.57. The zero-order valence-electron chi connectivity index (χ0n) is 18.0. The first-order valence-corrected chi connectivity index (χ1v) is 12.1. The number of amides is 1. The molecule has 3 N–H and O–H groups in total. The number of carbonyl (C=O) groups is 1. The van der Waals surface area contributed by atoms with Crippen molar-refractivity contribution >= 4 is 15.9 Å². The van der Waals surface area contributed by atoms with Crippen LogP contribution in [0.1, 0.15) is 45.1 Å². The second-order valence-electron chi connectivity index (χ2n) is 7.23. The first-order valence-electron chi connectivity index (χ1n) is 10.5. The predicted octanol–water partition coefficient (Wildman–Crippen LogP) is 1.49. The fraction of sp³-hybridized carbons (Fsp3) is 0.591. The van der Waals surface area contributed by atoms with Gasteiger partial charge in [0.1, 0.15) is 0 Å². The smallest absolute Gasteiger partial charge is 0.221 e. The lowest BCUT2D eigenvalue weighted by atomic mass is 10.1. The Labute approximate surface area is 181 Å². The number of aliphatic hydroxyl groups is 1. The van der Waals surface area contributed by atoms with Gasteiger partial charge in [0, 0.05) is 39.0 Å². The Morgan fingerprint density at radius 2 is 1.83 bits per heavy atom. The molecule has 0 aliphatic rings. The maximum atomic E-state index is 12.5. The summed E-state index contributed by atoms with van der Waals surface area (Å²) in [6, 6.07) is 9.11. The van der Waals surface area contributed by atoms with Crippen molar-refractivity contribution in [2.24, 2.45) is 0 Å². The quantitative estimate of drug-likeness (QED) is 0.361. The van der Waals surface area contributed by atoms with E-state index in [1.807, 2.05) is 44.2 Å². The molecule has 0 bridgehead atoms. The Kier molecular flexibility index (Phi) is 12.3. The third-order valence-corrected chi connectivity index (χ3v) is 6.47. The average Bonchev–Trinajstić information content (AvgIpc) is 2.72. The first-order chi connectivity index (χ1) is 14.3. The predicted molar refractivity (Wildman–Crippen MR) is 120 cm³/mol. The van der Waals surface area contributed by atoms with E-state index < -0.39 is 28.1 Å². The molecule has 0 radical (unpaired) electrons. The van der Waals surface area contributed by atoms with Crippen LogP contribution in [-0.4, -0.2) is 61.3 Å². The van der Waals surface area contributed by atoms with Crippen molar-refractivity contribution in [1.29, 1.82) is 0 Å². The molecule has 0 fully saturated rings. The van der Waals surface area contributed by atoms with E-state index >= 15 is 0 Å². The number of nitrogens with one attached hydrogen (secondary N) is 2. The van der Waals surface area contributed by atoms with E-state index in [0.29, 0.717) is 19.6 Å². The van der Waals surface area contributed by atoms with Crippen LogP contribution in [0.25, 0.3) is 0 Å². The Balaban J connectivity index is 2.54. The maximum Gasteiger partial charge on any atom is 0.221 e. The lowest BCUT2D eigenvalue weighted by Crippen LogP contribution is -2.47. The standard InChI is InChI=1S/C22H35N3O4S/c1-4-10-20(21(26)18-23-17-19-11-8-7-9-12-19)24-22(27)13-16-30(28,29)25(14-5-2)15-6-3/h1,7-9,11-12,20-21,23,26H,5-6,10,13-18H2,2-3H3,(H,24,27)/t20-,21+/m0/s1. The van der Waals surface area contributed by atoms with Crippen LogP contribution in [0.5, 0.6) is 0 Å². The van der Waals surface area contributed by atoms with Crippen LogP contribution >= 0.6 is 0 Å². The highest BCUT2D eigenvalue weighted by Gasteiger charge is 2.24. The van der Waals surface area contributed by atoms with Gasteiger partial charge in [0.25, 0.3) is 0 Å². The zero-order chi connectivity index (χ0) is 22.4. The van der Waals surface area contributed by atoms with Crippen molar-refractivity contribution in [3.05, 3.63) is 35.9 Å². The molecular formula is C22H35N3O4S. The molecule has 2 atom stereocenters. The first kappa shape index (κ1) is 26.1. The number of sulfonamides is 1. The fourth-order valence-corrected chi connectivity index (χ4v) is 4.65. The van der Waals surface area contributed by atoms with Crippen LogP contribution in [0.15, 0.2) is 30.3 Å². The van der Waals surface area contributed by atoms with Crippen molar-refractivity contribution < 1.29 is 18.3 Å². The summed E-state index contributed by atoms with van der Waals surface area (Å²) >= 11 is 0. The third-order valence-electron chi connectivity index (χ3n) is 4.60. The number of hydrogen-bond acceptors (Lipinski definition) is 5. The van der Waals surface area contributed by atoms with Crippen LogP contribution < -0.4 is 10.6 Å². The van der Waals surface area contributed by atoms with E-state index in [0.717, 1.165) is 18.4 Å². The molecule has 1 amide bonds. The van der Waals surface area contributed by atoms with E-state index in [1.54, 1.807) is 0 Å². The zero-order valence-corrected chi connectivity index (χ0v) is 18.8. The Hall–Kier alpha value is -1.92. The van der Waals surface area contributed by atoms with Gasteiger partial charge in [-0.25, -0.2) is 12.7 Å². The topological polar surface area (TPSA) is 98.7 Å². The van der Waals surface area contributed by atoms with Gasteiger partial charge < -0.3 is 15.7 Å². The minimum absolute atomic E-state index is 0.157. The molecule has 0 saturated heterocycles. The maximum absolute atomic E-state index is 12.5. The number of benzene rings is 1. The SMILES string of the molecule is C#CC[C@H](NC(=O)CCS(=O)(=O)N(CCC)CCC)[C@H](O)CNCc1ccccc1. The van der Waals surface area contributed by atoms with Gasteiger partial charge >= 0.3 is 0 Å². The second-order valence-corrected chi connectivity index (χ2v) is 9.32. The van der Waals surface area contributed by atoms with Gasteiger partial charge in [-0.3, -0.25) is 4.79 Å². The average molecular weight is 438 g/mol. The van der Waals surface area contributed by atoms with E-state index in [1.165, 1.54) is 4.31 Å². The molecule has 1 aromatic carbocycles. The minimum Gasteiger partial charge on any atom is -0.390 e. The second kappa shape index (κ2) is 14.1. The van der Waals surface area contributed by atoms with E-state index in [4.69, 9.17) is 6.42 Å². The highest BCUT2D eigenvalue weighted by atomic mass is 32.2. The molecule has 0 unspecified atom stereocenters. The van der Waals surface area contributed by atoms with Crippen molar-refractivity contribution in [2.45, 2.75) is 58.2 Å². The van der Waals surface area contributed by atoms with Gasteiger partial charge in [0.15, 0.2) is 0 Å². The summed E-state index contributed by atoms with van der Waals surface area (Å²) in [7, 11) is -3.50. The molecule has 0 aliphatic heterocycles. The van der Waals surface area contributed by atoms with Gasteiger partial charge in [-0.2, -0.15) is 0 Å². The molecule has 1 rings (SSSR count). The summed E-state index contributed by atoms with van der Waals surface area (Å²) in [5, 5.41) is 16.3. The number of rotatable bonds is 15. The summed E-state index contributed by atoms with van der Waals surface area (Å²) in [5.74, 6) is 1.76. The van der Waals surface area contributed by atoms with Gasteiger partial charge in [-0.05, 0) is 18.4 Å². The minimum atomic E-state index is -3.50. The normalized spacial score (nSPS) is 13.6. The largest absolute Gasteiger partial charge is 0.390 e. The molecular weight excluding hydrogens is 402 g/mol. The number of aliphatic hydroxyl groups excluding tert-OH is 1. The summed E-state index contributed by atoms with van der Waals surface area (Å²) in [5.41, 5.74) is 1.08. The summed E-state index contributed by atoms with van der Waals surface area (Å²) < 4.78 is 26.4. The molecule has 0 aliphatic carbocycles. The highest BCUT2D eigenvalue weighted by Crippen LogP contribution is 2.07. The molecule has 0 heterocycles. The van der Waals surface area contributed by atoms with Crippen LogP contribution in [0, 0.1) is 12.3 Å². The Bertz CT molecular complexity index is 756. The Morgan fingerprint density at radius 3 is 2.40 bits per heavy atom. The number of terminal acetylenes is 1. The van der Waals surface area contributed by atoms with E-state index in [-0.39, 0.29) is 25.1 Å². The van der Waals surface area contributed by atoms with Gasteiger partial charge in [0.2, 0.25) is 15.9 Å². The van der Waals surface area contributed by atoms with Crippen molar-refractivity contribution in [3.63, 3.8) is 0 Å². The Morgan fingerprint density at radius 1 is 1.20 bits per heavy atom. The van der Waals surface area contributed by atoms with Gasteiger partial charge in [-0.15, -0.1) is 12.3 Å². The molecule has 30 heavy (non-hydrogen) atoms. The number of carbonyl (C=O) groups excluding carboxylic acids is 1. The third kappa shape index (κ3) is 9.72. The molecule has 8 heteroatoms. The lowest BCUT2D eigenvalue weighted by Gasteiger charge is -2.24. The molecule has 1 aromatic rings. The van der Waals surface area contributed by atoms with Gasteiger partial charge in [0.05, 0.1) is 17.9 Å². The number of hydrogen-bond donors (Lipinski definition) is 3. The van der Waals surface area contributed by atoms with E-state index in [9.17, 15) is 18.3 Å². The van der Waals surface area contributed by atoms with Crippen LogP contribution in [-0.2, 0) is 21.4 Å². The fourth-order valence-electron chi connectivity index (χ4n) is 3.03. The molecule has 0 spiro atoms. The lowest BCUT2D eigenvalue weighted by molar-refractivity contribution is -0.122.